The topological polar surface area (TPSA) is 100 Å². The molecule has 0 heterocycles. The molecule has 0 aliphatic carbocycles. The van der Waals surface area contributed by atoms with Gasteiger partial charge in [0, 0.05) is 13.1 Å². The van der Waals surface area contributed by atoms with Crippen LogP contribution in [-0.4, -0.2) is 80.6 Å². The van der Waals surface area contributed by atoms with Crippen molar-refractivity contribution >= 4 is 11.9 Å². The molecule has 0 aliphatic rings. The number of esters is 2. The minimum atomic E-state index is -0.578. The highest BCUT2D eigenvalue weighted by atomic mass is 16.6. The highest BCUT2D eigenvalue weighted by molar-refractivity contribution is 5.75. The molecule has 0 saturated heterocycles. The minimum Gasteiger partial charge on any atom is -0.459 e. The van der Waals surface area contributed by atoms with Gasteiger partial charge in [-0.2, -0.15) is 0 Å². The molecule has 0 aromatic rings. The maximum absolute atomic E-state index is 12.1. The molecule has 0 aromatic heterocycles. The van der Waals surface area contributed by atoms with Gasteiger partial charge in [0.15, 0.2) is 0 Å². The zero-order chi connectivity index (χ0) is 20.2. The van der Waals surface area contributed by atoms with Crippen LogP contribution in [-0.2, 0) is 28.5 Å². The third-order valence-electron chi connectivity index (χ3n) is 2.73. The Labute approximate surface area is 157 Å². The standard InChI is InChI=1S/C18H36N2O6/c1-17(2,3)25-15(21)13-20(14-16(22)26-18(4,5)6)8-10-24-12-11-23-9-7-19/h7-14,19H2,1-6H3. The SMILES string of the molecule is CC(C)(C)OC(=O)CN(CCOCCOCCN)CC(=O)OC(C)(C)C. The highest BCUT2D eigenvalue weighted by Crippen LogP contribution is 2.09. The van der Waals surface area contributed by atoms with E-state index in [9.17, 15) is 9.59 Å². The first-order valence-electron chi connectivity index (χ1n) is 8.94. The van der Waals surface area contributed by atoms with Crippen LogP contribution >= 0.6 is 0 Å². The van der Waals surface area contributed by atoms with Crippen LogP contribution in [0.15, 0.2) is 0 Å². The average molecular weight is 376 g/mol. The molecule has 0 radical (unpaired) electrons. The van der Waals surface area contributed by atoms with Gasteiger partial charge in [0.25, 0.3) is 0 Å². The van der Waals surface area contributed by atoms with Crippen LogP contribution in [0.25, 0.3) is 0 Å². The van der Waals surface area contributed by atoms with Gasteiger partial charge in [0.05, 0.1) is 39.5 Å². The highest BCUT2D eigenvalue weighted by Gasteiger charge is 2.23. The van der Waals surface area contributed by atoms with Gasteiger partial charge in [-0.3, -0.25) is 14.5 Å². The summed E-state index contributed by atoms with van der Waals surface area (Å²) in [5, 5.41) is 0. The Hall–Kier alpha value is -1.22. The maximum atomic E-state index is 12.1. The molecule has 0 saturated carbocycles. The second-order valence-electron chi connectivity index (χ2n) is 7.90. The van der Waals surface area contributed by atoms with Crippen molar-refractivity contribution in [1.82, 2.24) is 4.90 Å². The molecule has 0 amide bonds. The van der Waals surface area contributed by atoms with Gasteiger partial charge in [-0.05, 0) is 41.5 Å². The van der Waals surface area contributed by atoms with Crippen LogP contribution in [0.2, 0.25) is 0 Å². The Kier molecular flexibility index (Phi) is 11.6. The van der Waals surface area contributed by atoms with Gasteiger partial charge in [0.1, 0.15) is 11.2 Å². The van der Waals surface area contributed by atoms with E-state index in [4.69, 9.17) is 24.7 Å². The molecule has 2 N–H and O–H groups in total. The van der Waals surface area contributed by atoms with Gasteiger partial charge in [-0.25, -0.2) is 0 Å². The summed E-state index contributed by atoms with van der Waals surface area (Å²) in [4.78, 5) is 25.8. The molecule has 8 nitrogen and oxygen atoms in total. The van der Waals surface area contributed by atoms with Crippen molar-refractivity contribution < 1.29 is 28.5 Å². The molecule has 8 heteroatoms. The predicted octanol–water partition coefficient (Wildman–Crippen LogP) is 0.964. The van der Waals surface area contributed by atoms with Crippen LogP contribution in [0, 0.1) is 0 Å². The number of rotatable bonds is 12. The number of hydrogen-bond acceptors (Lipinski definition) is 8. The normalized spacial score (nSPS) is 12.3. The third-order valence-corrected chi connectivity index (χ3v) is 2.73. The lowest BCUT2D eigenvalue weighted by Crippen LogP contribution is -2.41. The number of nitrogens with two attached hydrogens (primary N) is 1. The maximum Gasteiger partial charge on any atom is 0.320 e. The number of carbonyl (C=O) groups excluding carboxylic acids is 2. The van der Waals surface area contributed by atoms with E-state index in [-0.39, 0.29) is 13.1 Å². The minimum absolute atomic E-state index is 0.0104. The molecule has 26 heavy (non-hydrogen) atoms. The van der Waals surface area contributed by atoms with E-state index in [0.717, 1.165) is 0 Å². The number of nitrogens with zero attached hydrogens (tertiary/aromatic N) is 1. The summed E-state index contributed by atoms with van der Waals surface area (Å²) in [6, 6.07) is 0. The number of ether oxygens (including phenoxy) is 4. The molecule has 0 unspecified atom stereocenters. The van der Waals surface area contributed by atoms with Crippen LogP contribution in [0.5, 0.6) is 0 Å². The van der Waals surface area contributed by atoms with Crippen LogP contribution in [0.4, 0.5) is 0 Å². The Morgan fingerprint density at radius 2 is 1.19 bits per heavy atom. The largest absolute Gasteiger partial charge is 0.459 e. The van der Waals surface area contributed by atoms with Gasteiger partial charge in [-0.15, -0.1) is 0 Å². The Morgan fingerprint density at radius 1 is 0.769 bits per heavy atom. The fourth-order valence-electron chi connectivity index (χ4n) is 1.93. The second kappa shape index (κ2) is 12.2. The van der Waals surface area contributed by atoms with Crippen LogP contribution in [0.1, 0.15) is 41.5 Å². The summed E-state index contributed by atoms with van der Waals surface area (Å²) in [6.07, 6.45) is 0. The Bertz CT molecular complexity index is 385. The quantitative estimate of drug-likeness (QED) is 0.397. The average Bonchev–Trinajstić information content (AvgIpc) is 2.41. The molecule has 0 fully saturated rings. The molecule has 0 spiro atoms. The summed E-state index contributed by atoms with van der Waals surface area (Å²) < 4.78 is 21.3. The van der Waals surface area contributed by atoms with Gasteiger partial charge >= 0.3 is 11.9 Å². The van der Waals surface area contributed by atoms with Crippen LogP contribution in [0.3, 0.4) is 0 Å². The second-order valence-corrected chi connectivity index (χ2v) is 7.90. The van der Waals surface area contributed by atoms with Gasteiger partial charge in [-0.1, -0.05) is 0 Å². The number of hydrogen-bond donors (Lipinski definition) is 1. The molecule has 0 aliphatic heterocycles. The molecule has 0 atom stereocenters. The summed E-state index contributed by atoms with van der Waals surface area (Å²) in [5.74, 6) is -0.792. The lowest BCUT2D eigenvalue weighted by atomic mass is 10.2. The summed E-state index contributed by atoms with van der Waals surface area (Å²) >= 11 is 0. The first kappa shape index (κ1) is 24.8. The van der Waals surface area contributed by atoms with E-state index in [1.165, 1.54) is 0 Å². The molecule has 0 rings (SSSR count). The van der Waals surface area contributed by atoms with Gasteiger partial charge in [0.2, 0.25) is 0 Å². The van der Waals surface area contributed by atoms with Crippen molar-refractivity contribution in [2.75, 3.05) is 52.6 Å². The molecular weight excluding hydrogens is 340 g/mol. The zero-order valence-electron chi connectivity index (χ0n) is 17.1. The summed E-state index contributed by atoms with van der Waals surface area (Å²) in [5.41, 5.74) is 4.17. The molecular formula is C18H36N2O6. The Balaban J connectivity index is 4.44. The fourth-order valence-corrected chi connectivity index (χ4v) is 1.93. The van der Waals surface area contributed by atoms with Crippen molar-refractivity contribution in [1.29, 1.82) is 0 Å². The van der Waals surface area contributed by atoms with E-state index in [1.807, 2.05) is 0 Å². The van der Waals surface area contributed by atoms with Crippen molar-refractivity contribution in [3.05, 3.63) is 0 Å². The van der Waals surface area contributed by atoms with Crippen molar-refractivity contribution in [2.45, 2.75) is 52.7 Å². The zero-order valence-corrected chi connectivity index (χ0v) is 17.1. The van der Waals surface area contributed by atoms with Gasteiger partial charge < -0.3 is 24.7 Å². The summed E-state index contributed by atoms with van der Waals surface area (Å²) in [6.45, 7) is 13.4. The fraction of sp³-hybridized carbons (Fsp3) is 0.889. The van der Waals surface area contributed by atoms with Crippen molar-refractivity contribution in [2.24, 2.45) is 5.73 Å². The van der Waals surface area contributed by atoms with Crippen LogP contribution < -0.4 is 5.73 Å². The lowest BCUT2D eigenvalue weighted by molar-refractivity contribution is -0.160. The third kappa shape index (κ3) is 16.3. The van der Waals surface area contributed by atoms with E-state index in [0.29, 0.717) is 39.5 Å². The smallest absolute Gasteiger partial charge is 0.320 e. The molecule has 0 aromatic carbocycles. The molecule has 154 valence electrons. The van der Waals surface area contributed by atoms with E-state index in [2.05, 4.69) is 0 Å². The van der Waals surface area contributed by atoms with Crippen molar-refractivity contribution in [3.8, 4) is 0 Å². The monoisotopic (exact) mass is 376 g/mol. The number of carbonyl (C=O) groups is 2. The first-order chi connectivity index (χ1) is 11.9. The molecule has 0 bridgehead atoms. The van der Waals surface area contributed by atoms with Crippen molar-refractivity contribution in [3.63, 3.8) is 0 Å². The van der Waals surface area contributed by atoms with E-state index in [1.54, 1.807) is 46.4 Å². The Morgan fingerprint density at radius 3 is 1.58 bits per heavy atom. The lowest BCUT2D eigenvalue weighted by Gasteiger charge is -2.26. The predicted molar refractivity (Wildman–Crippen MR) is 98.8 cm³/mol. The van der Waals surface area contributed by atoms with E-state index < -0.39 is 23.1 Å². The summed E-state index contributed by atoms with van der Waals surface area (Å²) in [7, 11) is 0. The first-order valence-corrected chi connectivity index (χ1v) is 8.94. The van der Waals surface area contributed by atoms with E-state index >= 15 is 0 Å².